The minimum absolute atomic E-state index is 0.362. The van der Waals surface area contributed by atoms with Gasteiger partial charge in [-0.05, 0) is 44.0 Å². The van der Waals surface area contributed by atoms with Gasteiger partial charge in [-0.25, -0.2) is 0 Å². The van der Waals surface area contributed by atoms with E-state index in [-0.39, 0.29) is 0 Å². The number of aliphatic carboxylic acids is 1. The van der Waals surface area contributed by atoms with Crippen LogP contribution in [0.5, 0.6) is 11.5 Å². The summed E-state index contributed by atoms with van der Waals surface area (Å²) in [6.45, 7) is 2.92. The van der Waals surface area contributed by atoms with Gasteiger partial charge in [-0.1, -0.05) is 0 Å². The number of carbonyl (C=O) groups is 1. The van der Waals surface area contributed by atoms with Crippen molar-refractivity contribution < 1.29 is 24.5 Å². The van der Waals surface area contributed by atoms with Gasteiger partial charge in [0.15, 0.2) is 0 Å². The first-order chi connectivity index (χ1) is 10.5. The van der Waals surface area contributed by atoms with E-state index in [0.717, 1.165) is 17.5 Å². The van der Waals surface area contributed by atoms with Crippen LogP contribution in [0.1, 0.15) is 24.0 Å². The number of aryl methyl sites for hydroxylation is 1. The van der Waals surface area contributed by atoms with E-state index >= 15 is 0 Å². The lowest BCUT2D eigenvalue weighted by atomic mass is 9.97. The van der Waals surface area contributed by atoms with Crippen LogP contribution in [0.3, 0.4) is 0 Å². The molecule has 2 rings (SSSR count). The van der Waals surface area contributed by atoms with Crippen molar-refractivity contribution >= 4 is 5.97 Å². The molecule has 1 aromatic carbocycles. The van der Waals surface area contributed by atoms with E-state index in [2.05, 4.69) is 0 Å². The van der Waals surface area contributed by atoms with Gasteiger partial charge in [-0.2, -0.15) is 0 Å². The number of carboxylic acids is 1. The maximum absolute atomic E-state index is 11.5. The summed E-state index contributed by atoms with van der Waals surface area (Å²) in [5.41, 5.74) is 1.81. The molecule has 0 saturated carbocycles. The zero-order valence-corrected chi connectivity index (χ0v) is 13.2. The Bertz CT molecular complexity index is 520. The van der Waals surface area contributed by atoms with Gasteiger partial charge in [0, 0.05) is 6.54 Å². The minimum Gasteiger partial charge on any atom is -0.496 e. The molecule has 0 amide bonds. The molecule has 1 heterocycles. The molecule has 1 fully saturated rings. The van der Waals surface area contributed by atoms with Gasteiger partial charge in [0.2, 0.25) is 0 Å². The molecule has 0 aliphatic carbocycles. The van der Waals surface area contributed by atoms with Crippen LogP contribution in [-0.4, -0.2) is 54.0 Å². The highest BCUT2D eigenvalue weighted by molar-refractivity contribution is 5.74. The van der Waals surface area contributed by atoms with Gasteiger partial charge in [0.05, 0.1) is 25.9 Å². The summed E-state index contributed by atoms with van der Waals surface area (Å²) in [5.74, 6) is 0.333. The number of piperidine rings is 1. The largest absolute Gasteiger partial charge is 0.496 e. The fourth-order valence-electron chi connectivity index (χ4n) is 3.02. The first kappa shape index (κ1) is 16.6. The third kappa shape index (κ3) is 3.34. The zero-order chi connectivity index (χ0) is 16.3. The number of methoxy groups -OCH3 is 2. The summed E-state index contributed by atoms with van der Waals surface area (Å²) in [6.07, 6.45) is 0.422. The van der Waals surface area contributed by atoms with E-state index in [0.29, 0.717) is 31.0 Å². The second-order valence-corrected chi connectivity index (χ2v) is 5.61. The van der Waals surface area contributed by atoms with Gasteiger partial charge >= 0.3 is 5.97 Å². The molecule has 6 heteroatoms. The van der Waals surface area contributed by atoms with Crippen molar-refractivity contribution in [3.05, 3.63) is 23.3 Å². The number of hydrogen-bond acceptors (Lipinski definition) is 5. The fraction of sp³-hybridized carbons (Fsp3) is 0.562. The number of aliphatic hydroxyl groups is 1. The molecule has 0 bridgehead atoms. The Morgan fingerprint density at radius 2 is 1.91 bits per heavy atom. The summed E-state index contributed by atoms with van der Waals surface area (Å²) < 4.78 is 10.8. The topological polar surface area (TPSA) is 79.2 Å². The van der Waals surface area contributed by atoms with Crippen molar-refractivity contribution in [2.24, 2.45) is 0 Å². The minimum atomic E-state index is -1.00. The lowest BCUT2D eigenvalue weighted by Gasteiger charge is -2.36. The second-order valence-electron chi connectivity index (χ2n) is 5.61. The Hall–Kier alpha value is -1.79. The van der Waals surface area contributed by atoms with Crippen LogP contribution < -0.4 is 9.47 Å². The summed E-state index contributed by atoms with van der Waals surface area (Å²) in [6, 6.07) is 2.90. The normalized spacial score (nSPS) is 22.4. The molecule has 1 saturated heterocycles. The number of carboxylic acid groups (broad SMARTS) is 1. The molecule has 1 aromatic rings. The maximum atomic E-state index is 11.5. The van der Waals surface area contributed by atoms with E-state index in [1.165, 1.54) is 0 Å². The van der Waals surface area contributed by atoms with Crippen LogP contribution in [0, 0.1) is 6.92 Å². The highest BCUT2D eigenvalue weighted by Crippen LogP contribution is 2.33. The van der Waals surface area contributed by atoms with Gasteiger partial charge in [-0.15, -0.1) is 0 Å². The molecule has 1 aliphatic rings. The molecule has 6 nitrogen and oxygen atoms in total. The third-order valence-electron chi connectivity index (χ3n) is 4.07. The monoisotopic (exact) mass is 309 g/mol. The Balaban J connectivity index is 2.34. The molecule has 0 radical (unpaired) electrons. The van der Waals surface area contributed by atoms with Crippen LogP contribution in [-0.2, 0) is 11.3 Å². The Morgan fingerprint density at radius 1 is 1.32 bits per heavy atom. The molecule has 2 unspecified atom stereocenters. The van der Waals surface area contributed by atoms with E-state index in [4.69, 9.17) is 9.47 Å². The number of ether oxygens (including phenoxy) is 2. The fourth-order valence-corrected chi connectivity index (χ4v) is 3.02. The van der Waals surface area contributed by atoms with Crippen LogP contribution in [0.4, 0.5) is 0 Å². The van der Waals surface area contributed by atoms with Gasteiger partial charge in [0.1, 0.15) is 17.5 Å². The Kier molecular flexibility index (Phi) is 5.26. The van der Waals surface area contributed by atoms with Crippen LogP contribution in [0.25, 0.3) is 0 Å². The first-order valence-corrected chi connectivity index (χ1v) is 7.34. The third-order valence-corrected chi connectivity index (χ3v) is 4.07. The number of benzene rings is 1. The average Bonchev–Trinajstić information content (AvgIpc) is 2.48. The lowest BCUT2D eigenvalue weighted by molar-refractivity contribution is -0.150. The summed E-state index contributed by atoms with van der Waals surface area (Å²) >= 11 is 0. The molecule has 0 aromatic heterocycles. The predicted octanol–water partition coefficient (Wildman–Crippen LogP) is 1.42. The SMILES string of the molecule is COc1cc(C)cc(OC)c1CN1CCCC(O)C1C(=O)O. The maximum Gasteiger partial charge on any atom is 0.323 e. The van der Waals surface area contributed by atoms with E-state index < -0.39 is 18.1 Å². The Morgan fingerprint density at radius 3 is 2.41 bits per heavy atom. The van der Waals surface area contributed by atoms with Crippen molar-refractivity contribution in [2.45, 2.75) is 38.5 Å². The smallest absolute Gasteiger partial charge is 0.323 e. The Labute approximate surface area is 130 Å². The quantitative estimate of drug-likeness (QED) is 0.856. The van der Waals surface area contributed by atoms with Crippen molar-refractivity contribution in [3.63, 3.8) is 0 Å². The predicted molar refractivity (Wildman–Crippen MR) is 81.4 cm³/mol. The van der Waals surface area contributed by atoms with Crippen molar-refractivity contribution in [1.82, 2.24) is 4.90 Å². The first-order valence-electron chi connectivity index (χ1n) is 7.34. The number of hydrogen-bond donors (Lipinski definition) is 2. The molecule has 1 aliphatic heterocycles. The summed E-state index contributed by atoms with van der Waals surface area (Å²) in [5, 5.41) is 19.4. The molecule has 22 heavy (non-hydrogen) atoms. The second kappa shape index (κ2) is 6.98. The summed E-state index contributed by atoms with van der Waals surface area (Å²) in [7, 11) is 3.16. The van der Waals surface area contributed by atoms with E-state index in [9.17, 15) is 15.0 Å². The van der Waals surface area contributed by atoms with Gasteiger partial charge in [-0.3, -0.25) is 9.69 Å². The highest BCUT2D eigenvalue weighted by Gasteiger charge is 2.36. The molecular weight excluding hydrogens is 286 g/mol. The van der Waals surface area contributed by atoms with Crippen LogP contribution >= 0.6 is 0 Å². The average molecular weight is 309 g/mol. The van der Waals surface area contributed by atoms with Crippen molar-refractivity contribution in [1.29, 1.82) is 0 Å². The zero-order valence-electron chi connectivity index (χ0n) is 13.2. The molecule has 0 spiro atoms. The number of likely N-dealkylation sites (tertiary alicyclic amines) is 1. The van der Waals surface area contributed by atoms with Crippen LogP contribution in [0.15, 0.2) is 12.1 Å². The van der Waals surface area contributed by atoms with Crippen molar-refractivity contribution in [3.8, 4) is 11.5 Å². The molecule has 2 N–H and O–H groups in total. The number of nitrogens with zero attached hydrogens (tertiary/aromatic N) is 1. The molecule has 2 atom stereocenters. The standard InChI is InChI=1S/C16H23NO5/c1-10-7-13(21-2)11(14(8-10)22-3)9-17-6-4-5-12(18)15(17)16(19)20/h7-8,12,15,18H,4-6,9H2,1-3H3,(H,19,20). The van der Waals surface area contributed by atoms with Gasteiger partial charge in [0.25, 0.3) is 0 Å². The number of aliphatic hydroxyl groups excluding tert-OH is 1. The van der Waals surface area contributed by atoms with Crippen LogP contribution in [0.2, 0.25) is 0 Å². The highest BCUT2D eigenvalue weighted by atomic mass is 16.5. The lowest BCUT2D eigenvalue weighted by Crippen LogP contribution is -2.52. The molecule has 122 valence electrons. The number of rotatable bonds is 5. The van der Waals surface area contributed by atoms with E-state index in [1.54, 1.807) is 19.1 Å². The summed E-state index contributed by atoms with van der Waals surface area (Å²) in [4.78, 5) is 13.2. The van der Waals surface area contributed by atoms with Crippen molar-refractivity contribution in [2.75, 3.05) is 20.8 Å². The van der Waals surface area contributed by atoms with E-state index in [1.807, 2.05) is 19.1 Å². The van der Waals surface area contributed by atoms with Gasteiger partial charge < -0.3 is 19.7 Å². The molecular formula is C16H23NO5.